The maximum Gasteiger partial charge on any atom is 0.444 e. The van der Waals surface area contributed by atoms with Crippen molar-refractivity contribution in [2.45, 2.75) is 13.0 Å². The van der Waals surface area contributed by atoms with Crippen LogP contribution in [0.15, 0.2) is 85.1 Å². The Balaban J connectivity index is 1.24. The summed E-state index contributed by atoms with van der Waals surface area (Å²) in [6.45, 7) is 2.05. The molecular formula is C30H17F5N2OS. The zero-order chi connectivity index (χ0) is 27.3. The van der Waals surface area contributed by atoms with Crippen molar-refractivity contribution in [2.75, 3.05) is 0 Å². The van der Waals surface area contributed by atoms with Crippen molar-refractivity contribution >= 4 is 32.3 Å². The van der Waals surface area contributed by atoms with E-state index in [0.717, 1.165) is 43.2 Å². The van der Waals surface area contributed by atoms with Crippen molar-refractivity contribution < 1.29 is 26.7 Å². The first-order chi connectivity index (χ1) is 18.7. The van der Waals surface area contributed by atoms with Gasteiger partial charge in [-0.3, -0.25) is 4.98 Å². The molecule has 9 heteroatoms. The van der Waals surface area contributed by atoms with Crippen LogP contribution in [-0.4, -0.2) is 9.97 Å². The number of pyridine rings is 1. The number of fused-ring (bicyclic) bond motifs is 2. The highest BCUT2D eigenvalue weighted by Gasteiger charge is 2.37. The molecule has 2 heterocycles. The Kier molecular flexibility index (Phi) is 6.03. The molecule has 6 aromatic rings. The molecule has 39 heavy (non-hydrogen) atoms. The smallest absolute Gasteiger partial charge is 0.428 e. The van der Waals surface area contributed by atoms with Crippen LogP contribution in [0.1, 0.15) is 11.3 Å². The van der Waals surface area contributed by atoms with Gasteiger partial charge in [0, 0.05) is 29.5 Å². The molecule has 0 bridgehead atoms. The normalized spacial score (nSPS) is 11.8. The highest BCUT2D eigenvalue weighted by Crippen LogP contribution is 2.35. The summed E-state index contributed by atoms with van der Waals surface area (Å²) in [5, 5.41) is 2.87. The van der Waals surface area contributed by atoms with Crippen molar-refractivity contribution in [1.82, 2.24) is 9.97 Å². The quantitative estimate of drug-likeness (QED) is 0.159. The van der Waals surface area contributed by atoms with Gasteiger partial charge in [-0.2, -0.15) is 8.78 Å². The minimum absolute atomic E-state index is 0.346. The van der Waals surface area contributed by atoms with E-state index in [1.54, 1.807) is 11.3 Å². The summed E-state index contributed by atoms with van der Waals surface area (Å²) in [5.74, 6) is -5.91. The van der Waals surface area contributed by atoms with Gasteiger partial charge < -0.3 is 4.74 Å². The summed E-state index contributed by atoms with van der Waals surface area (Å²) in [7, 11) is 0. The third kappa shape index (κ3) is 4.81. The third-order valence-electron chi connectivity index (χ3n) is 6.23. The van der Waals surface area contributed by atoms with Crippen molar-refractivity contribution in [2.24, 2.45) is 0 Å². The molecule has 6 rings (SSSR count). The molecule has 0 fully saturated rings. The van der Waals surface area contributed by atoms with Gasteiger partial charge in [0.2, 0.25) is 0 Å². The van der Waals surface area contributed by atoms with Crippen LogP contribution in [0.4, 0.5) is 22.0 Å². The predicted molar refractivity (Wildman–Crippen MR) is 141 cm³/mol. The van der Waals surface area contributed by atoms with Crippen LogP contribution in [0.25, 0.3) is 42.7 Å². The fraction of sp³-hybridized carbons (Fsp3) is 0.0667. The molecule has 0 saturated carbocycles. The lowest BCUT2D eigenvalue weighted by atomic mass is 10.0. The van der Waals surface area contributed by atoms with Gasteiger partial charge in [-0.1, -0.05) is 36.4 Å². The Morgan fingerprint density at radius 2 is 1.41 bits per heavy atom. The lowest BCUT2D eigenvalue weighted by Gasteiger charge is -2.18. The van der Waals surface area contributed by atoms with Crippen LogP contribution in [0, 0.1) is 24.4 Å². The topological polar surface area (TPSA) is 35.0 Å². The molecule has 0 saturated heterocycles. The van der Waals surface area contributed by atoms with Crippen LogP contribution in [0.2, 0.25) is 0 Å². The molecule has 4 aromatic carbocycles. The Hall–Kier alpha value is -4.37. The summed E-state index contributed by atoms with van der Waals surface area (Å²) in [4.78, 5) is 8.55. The van der Waals surface area contributed by atoms with Crippen LogP contribution in [-0.2, 0) is 6.11 Å². The van der Waals surface area contributed by atoms with E-state index in [2.05, 4.69) is 21.9 Å². The summed E-state index contributed by atoms with van der Waals surface area (Å²) >= 11 is 1.63. The average molecular weight is 549 g/mol. The number of aromatic nitrogens is 2. The standard InChI is InChI=1S/C30H17F5N2OS/c1-16-2-8-25-26(10-16)39-29(37-25)20-6-5-17-11-19(4-3-18(17)12-20)21-7-9-27(36-15-21)30(34,35)38-22-13-23(31)28(33)24(32)14-22/h2-15H,1H3. The third-order valence-corrected chi connectivity index (χ3v) is 7.30. The number of halogens is 5. The highest BCUT2D eigenvalue weighted by molar-refractivity contribution is 7.21. The van der Waals surface area contributed by atoms with Crippen LogP contribution in [0.5, 0.6) is 5.75 Å². The molecule has 0 amide bonds. The molecule has 194 valence electrons. The van der Waals surface area contributed by atoms with Gasteiger partial charge in [0.25, 0.3) is 0 Å². The summed E-state index contributed by atoms with van der Waals surface area (Å²) in [6, 6.07) is 21.1. The van der Waals surface area contributed by atoms with Gasteiger partial charge in [0.1, 0.15) is 10.8 Å². The molecular weight excluding hydrogens is 531 g/mol. The molecule has 0 aliphatic rings. The zero-order valence-corrected chi connectivity index (χ0v) is 21.0. The van der Waals surface area contributed by atoms with E-state index in [0.29, 0.717) is 17.7 Å². The van der Waals surface area contributed by atoms with Crippen molar-refractivity contribution in [3.05, 3.63) is 114 Å². The number of thiazole rings is 1. The Labute approximate surface area is 223 Å². The monoisotopic (exact) mass is 548 g/mol. The van der Waals surface area contributed by atoms with Gasteiger partial charge in [-0.15, -0.1) is 11.3 Å². The van der Waals surface area contributed by atoms with Gasteiger partial charge in [0.15, 0.2) is 23.1 Å². The minimum Gasteiger partial charge on any atom is -0.428 e. The van der Waals surface area contributed by atoms with Crippen LogP contribution in [0.3, 0.4) is 0 Å². The van der Waals surface area contributed by atoms with E-state index in [1.165, 1.54) is 17.8 Å². The second kappa shape index (κ2) is 9.43. The number of ether oxygens (including phenoxy) is 1. The van der Waals surface area contributed by atoms with Gasteiger partial charge >= 0.3 is 6.11 Å². The maximum absolute atomic E-state index is 14.6. The number of alkyl halides is 2. The van der Waals surface area contributed by atoms with Crippen molar-refractivity contribution in [3.8, 4) is 27.4 Å². The van der Waals surface area contributed by atoms with Crippen LogP contribution < -0.4 is 4.74 Å². The lowest BCUT2D eigenvalue weighted by Crippen LogP contribution is -2.23. The molecule has 0 N–H and O–H groups in total. The van der Waals surface area contributed by atoms with E-state index in [1.807, 2.05) is 49.4 Å². The molecule has 0 atom stereocenters. The maximum atomic E-state index is 14.6. The highest BCUT2D eigenvalue weighted by atomic mass is 32.1. The lowest BCUT2D eigenvalue weighted by molar-refractivity contribution is -0.188. The SMILES string of the molecule is Cc1ccc2nc(-c3ccc4cc(-c5ccc(C(F)(F)Oc6cc(F)c(F)c(F)c6)nc5)ccc4c3)sc2c1. The van der Waals surface area contributed by atoms with E-state index in [9.17, 15) is 22.0 Å². The van der Waals surface area contributed by atoms with Crippen molar-refractivity contribution in [1.29, 1.82) is 0 Å². The second-order valence-corrected chi connectivity index (χ2v) is 10.0. The summed E-state index contributed by atoms with van der Waals surface area (Å²) in [6.07, 6.45) is -2.74. The predicted octanol–water partition coefficient (Wildman–Crippen LogP) is 9.03. The number of hydrogen-bond donors (Lipinski definition) is 0. The fourth-order valence-corrected chi connectivity index (χ4v) is 5.30. The van der Waals surface area contributed by atoms with Gasteiger partial charge in [-0.25, -0.2) is 18.2 Å². The Morgan fingerprint density at radius 1 is 0.744 bits per heavy atom. The number of hydrogen-bond acceptors (Lipinski definition) is 4. The number of benzene rings is 4. The first kappa shape index (κ1) is 24.9. The number of rotatable bonds is 5. The summed E-state index contributed by atoms with van der Waals surface area (Å²) < 4.78 is 74.6. The average Bonchev–Trinajstić information content (AvgIpc) is 3.34. The van der Waals surface area contributed by atoms with E-state index in [4.69, 9.17) is 4.98 Å². The first-order valence-corrected chi connectivity index (χ1v) is 12.6. The van der Waals surface area contributed by atoms with E-state index >= 15 is 0 Å². The van der Waals surface area contributed by atoms with Crippen LogP contribution >= 0.6 is 11.3 Å². The number of nitrogens with zero attached hydrogens (tertiary/aromatic N) is 2. The molecule has 0 aliphatic heterocycles. The van der Waals surface area contributed by atoms with E-state index < -0.39 is 35.0 Å². The van der Waals surface area contributed by atoms with Gasteiger partial charge in [-0.05, 0) is 59.2 Å². The molecule has 3 nitrogen and oxygen atoms in total. The van der Waals surface area contributed by atoms with E-state index in [-0.39, 0.29) is 0 Å². The molecule has 0 spiro atoms. The minimum atomic E-state index is -4.01. The fourth-order valence-electron chi connectivity index (χ4n) is 4.24. The zero-order valence-electron chi connectivity index (χ0n) is 20.2. The molecule has 0 radical (unpaired) electrons. The van der Waals surface area contributed by atoms with Gasteiger partial charge in [0.05, 0.1) is 10.2 Å². The largest absolute Gasteiger partial charge is 0.444 e. The van der Waals surface area contributed by atoms with Crippen molar-refractivity contribution in [3.63, 3.8) is 0 Å². The Bertz CT molecular complexity index is 1850. The molecule has 0 aliphatic carbocycles. The first-order valence-electron chi connectivity index (χ1n) is 11.8. The number of aryl methyl sites for hydroxylation is 1. The Morgan fingerprint density at radius 3 is 2.10 bits per heavy atom. The second-order valence-electron chi connectivity index (χ2n) is 9.02. The summed E-state index contributed by atoms with van der Waals surface area (Å²) in [5.41, 5.74) is 3.72. The molecule has 0 unspecified atom stereocenters. The molecule has 2 aromatic heterocycles.